The Balaban J connectivity index is 1.06. The molecule has 5 aromatic rings. The first-order valence-electron chi connectivity index (χ1n) is 16.8. The number of piperazine rings is 1. The van der Waals surface area contributed by atoms with Crippen molar-refractivity contribution in [1.29, 1.82) is 0 Å². The number of hydrogen-bond acceptors (Lipinski definition) is 7. The number of carbonyl (C=O) groups excluding carboxylic acids is 3. The molecule has 2 aliphatic rings. The SMILES string of the molecule is CCOC(=O)c1cccnc1Sc1c(C(=O)N[C@H](C)C(=O)N2CCN(C3c4ccccc4CCc4ccccc43)CC2)[nH]c2ccccc12. The first-order valence-corrected chi connectivity index (χ1v) is 17.6. The number of aromatic amines is 1. The first-order chi connectivity index (χ1) is 23.9. The minimum Gasteiger partial charge on any atom is -0.462 e. The highest BCUT2D eigenvalue weighted by Gasteiger charge is 2.33. The number of pyridine rings is 1. The number of nitrogens with one attached hydrogen (secondary N) is 2. The fourth-order valence-corrected chi connectivity index (χ4v) is 8.11. The molecule has 0 unspecified atom stereocenters. The minimum absolute atomic E-state index is 0.116. The van der Waals surface area contributed by atoms with Crippen LogP contribution < -0.4 is 5.32 Å². The Kier molecular flexibility index (Phi) is 9.50. The van der Waals surface area contributed by atoms with Crippen molar-refractivity contribution in [3.05, 3.63) is 125 Å². The van der Waals surface area contributed by atoms with E-state index in [2.05, 4.69) is 68.7 Å². The summed E-state index contributed by atoms with van der Waals surface area (Å²) in [5, 5.41) is 4.19. The number of hydrogen-bond donors (Lipinski definition) is 2. The van der Waals surface area contributed by atoms with E-state index in [1.807, 2.05) is 29.2 Å². The van der Waals surface area contributed by atoms with Gasteiger partial charge in [0.1, 0.15) is 16.8 Å². The summed E-state index contributed by atoms with van der Waals surface area (Å²) in [6.07, 6.45) is 3.64. The average molecular weight is 674 g/mol. The zero-order valence-electron chi connectivity index (χ0n) is 27.6. The number of aromatic nitrogens is 2. The lowest BCUT2D eigenvalue weighted by atomic mass is 9.92. The lowest BCUT2D eigenvalue weighted by Crippen LogP contribution is -2.54. The van der Waals surface area contributed by atoms with E-state index in [0.29, 0.717) is 34.3 Å². The van der Waals surface area contributed by atoms with Crippen LogP contribution >= 0.6 is 11.8 Å². The number of rotatable bonds is 8. The highest BCUT2D eigenvalue weighted by molar-refractivity contribution is 7.99. The van der Waals surface area contributed by atoms with Crippen LogP contribution in [0.3, 0.4) is 0 Å². The molecule has 2 aromatic heterocycles. The van der Waals surface area contributed by atoms with Gasteiger partial charge in [0, 0.05) is 43.3 Å². The lowest BCUT2D eigenvalue weighted by molar-refractivity contribution is -0.134. The van der Waals surface area contributed by atoms with Gasteiger partial charge in [0.25, 0.3) is 5.91 Å². The highest BCUT2D eigenvalue weighted by Crippen LogP contribution is 2.39. The molecule has 0 spiro atoms. The summed E-state index contributed by atoms with van der Waals surface area (Å²) in [6, 6.07) is 27.8. The molecule has 1 aliphatic carbocycles. The molecular weight excluding hydrogens is 635 g/mol. The monoisotopic (exact) mass is 673 g/mol. The summed E-state index contributed by atoms with van der Waals surface area (Å²) >= 11 is 1.22. The molecule has 1 aliphatic heterocycles. The van der Waals surface area contributed by atoms with Crippen LogP contribution in [0.15, 0.2) is 101 Å². The van der Waals surface area contributed by atoms with Crippen molar-refractivity contribution in [2.24, 2.45) is 0 Å². The van der Waals surface area contributed by atoms with Crippen LogP contribution in [0.5, 0.6) is 0 Å². The Morgan fingerprint density at radius 1 is 0.898 bits per heavy atom. The molecule has 250 valence electrons. The van der Waals surface area contributed by atoms with E-state index in [1.54, 1.807) is 32.2 Å². The van der Waals surface area contributed by atoms with Gasteiger partial charge in [-0.1, -0.05) is 78.5 Å². The maximum absolute atomic E-state index is 13.8. The molecule has 1 fully saturated rings. The number of H-pyrrole nitrogens is 1. The summed E-state index contributed by atoms with van der Waals surface area (Å²) in [4.78, 5) is 52.9. The van der Waals surface area contributed by atoms with Gasteiger partial charge in [0.2, 0.25) is 5.91 Å². The van der Waals surface area contributed by atoms with Crippen LogP contribution in [0, 0.1) is 0 Å². The molecule has 0 saturated carbocycles. The van der Waals surface area contributed by atoms with Crippen LogP contribution in [-0.2, 0) is 22.4 Å². The van der Waals surface area contributed by atoms with E-state index in [4.69, 9.17) is 4.74 Å². The van der Waals surface area contributed by atoms with E-state index < -0.39 is 17.9 Å². The van der Waals surface area contributed by atoms with Crippen LogP contribution in [0.25, 0.3) is 10.9 Å². The van der Waals surface area contributed by atoms with Gasteiger partial charge >= 0.3 is 5.97 Å². The summed E-state index contributed by atoms with van der Waals surface area (Å²) < 4.78 is 5.24. The number of carbonyl (C=O) groups is 3. The van der Waals surface area contributed by atoms with Gasteiger partial charge in [-0.2, -0.15) is 0 Å². The second kappa shape index (κ2) is 14.3. The Labute approximate surface area is 290 Å². The molecular formula is C39H39N5O4S. The largest absolute Gasteiger partial charge is 0.462 e. The molecule has 1 saturated heterocycles. The molecule has 2 N–H and O–H groups in total. The fourth-order valence-electron chi connectivity index (χ4n) is 7.01. The third-order valence-electron chi connectivity index (χ3n) is 9.42. The first kappa shape index (κ1) is 32.6. The zero-order valence-corrected chi connectivity index (χ0v) is 28.5. The number of benzene rings is 3. The number of nitrogens with zero attached hydrogens (tertiary/aromatic N) is 3. The van der Waals surface area contributed by atoms with Gasteiger partial charge in [0.05, 0.1) is 23.1 Å². The van der Waals surface area contributed by atoms with Crippen LogP contribution in [0.1, 0.15) is 63.0 Å². The maximum atomic E-state index is 13.8. The van der Waals surface area contributed by atoms with Gasteiger partial charge in [-0.25, -0.2) is 9.78 Å². The molecule has 3 heterocycles. The number of amides is 2. The Bertz CT molecular complexity index is 1970. The van der Waals surface area contributed by atoms with Crippen molar-refractivity contribution in [3.63, 3.8) is 0 Å². The summed E-state index contributed by atoms with van der Waals surface area (Å²) in [5.74, 6) is -0.997. The number of aryl methyl sites for hydroxylation is 2. The predicted octanol–water partition coefficient (Wildman–Crippen LogP) is 6.04. The third kappa shape index (κ3) is 6.58. The fraction of sp³-hybridized carbons (Fsp3) is 0.282. The van der Waals surface area contributed by atoms with Crippen molar-refractivity contribution in [2.45, 2.75) is 48.7 Å². The second-order valence-electron chi connectivity index (χ2n) is 12.4. The van der Waals surface area contributed by atoms with Crippen molar-refractivity contribution >= 4 is 40.4 Å². The smallest absolute Gasteiger partial charge is 0.340 e. The van der Waals surface area contributed by atoms with Crippen LogP contribution in [0.2, 0.25) is 0 Å². The second-order valence-corrected chi connectivity index (χ2v) is 13.4. The van der Waals surface area contributed by atoms with E-state index in [-0.39, 0.29) is 18.6 Å². The summed E-state index contributed by atoms with van der Waals surface area (Å²) in [5.41, 5.74) is 6.85. The molecule has 1 atom stereocenters. The Morgan fingerprint density at radius 2 is 1.55 bits per heavy atom. The van der Waals surface area contributed by atoms with Gasteiger partial charge in [-0.3, -0.25) is 14.5 Å². The molecule has 9 nitrogen and oxygen atoms in total. The average Bonchev–Trinajstić information content (AvgIpc) is 3.41. The summed E-state index contributed by atoms with van der Waals surface area (Å²) in [6.45, 7) is 6.33. The van der Waals surface area contributed by atoms with Gasteiger partial charge in [-0.15, -0.1) is 0 Å². The zero-order chi connectivity index (χ0) is 33.9. The van der Waals surface area contributed by atoms with Crippen molar-refractivity contribution in [3.8, 4) is 0 Å². The predicted molar refractivity (Wildman–Crippen MR) is 190 cm³/mol. The van der Waals surface area contributed by atoms with E-state index in [1.165, 1.54) is 34.0 Å². The topological polar surface area (TPSA) is 108 Å². The highest BCUT2D eigenvalue weighted by atomic mass is 32.2. The van der Waals surface area contributed by atoms with Crippen molar-refractivity contribution in [1.82, 2.24) is 25.1 Å². The molecule has 0 bridgehead atoms. The van der Waals surface area contributed by atoms with Crippen molar-refractivity contribution in [2.75, 3.05) is 32.8 Å². The van der Waals surface area contributed by atoms with E-state index in [9.17, 15) is 14.4 Å². The standard InChI is InChI=1S/C39H39N5O4S/c1-3-48-39(47)31-16-10-20-40-37(31)49-35-30-15-8-9-17-32(30)42-33(35)36(45)41-25(2)38(46)44-23-21-43(22-24-44)34-28-13-6-4-11-26(28)18-19-27-12-5-7-14-29(27)34/h4-17,20,25,34,42H,3,18-19,21-24H2,1-2H3,(H,41,45)/t25-/m1/s1. The lowest BCUT2D eigenvalue weighted by Gasteiger charge is -2.41. The molecule has 49 heavy (non-hydrogen) atoms. The maximum Gasteiger partial charge on any atom is 0.340 e. The van der Waals surface area contributed by atoms with Crippen molar-refractivity contribution < 1.29 is 19.1 Å². The molecule has 2 amide bonds. The normalized spacial score (nSPS) is 15.6. The molecule has 0 radical (unpaired) electrons. The number of esters is 1. The number of ether oxygens (including phenoxy) is 1. The Hall–Kier alpha value is -4.93. The Morgan fingerprint density at radius 3 is 2.24 bits per heavy atom. The molecule has 10 heteroatoms. The van der Waals surface area contributed by atoms with Gasteiger partial charge < -0.3 is 19.9 Å². The summed E-state index contributed by atoms with van der Waals surface area (Å²) in [7, 11) is 0. The van der Waals surface area contributed by atoms with Crippen LogP contribution in [0.4, 0.5) is 0 Å². The van der Waals surface area contributed by atoms with E-state index >= 15 is 0 Å². The van der Waals surface area contributed by atoms with Crippen LogP contribution in [-0.4, -0.2) is 76.4 Å². The molecule has 3 aromatic carbocycles. The number of fused-ring (bicyclic) bond motifs is 3. The quantitative estimate of drug-likeness (QED) is 0.194. The van der Waals surface area contributed by atoms with Gasteiger partial charge in [-0.05, 0) is 67.1 Å². The number of para-hydroxylation sites is 1. The third-order valence-corrected chi connectivity index (χ3v) is 10.6. The van der Waals surface area contributed by atoms with E-state index in [0.717, 1.165) is 36.8 Å². The molecule has 7 rings (SSSR count). The van der Waals surface area contributed by atoms with Gasteiger partial charge in [0.15, 0.2) is 0 Å². The minimum atomic E-state index is -0.743.